The van der Waals surface area contributed by atoms with Gasteiger partial charge in [0.05, 0.1) is 67.5 Å². The highest BCUT2D eigenvalue weighted by molar-refractivity contribution is 7.91. The number of aryl methyl sites for hydroxylation is 3. The van der Waals surface area contributed by atoms with E-state index < -0.39 is 52.9 Å². The minimum Gasteiger partial charge on any atom is -0.493 e. The summed E-state index contributed by atoms with van der Waals surface area (Å²) < 4.78 is 102. The Morgan fingerprint density at radius 2 is 0.892 bits per heavy atom. The Morgan fingerprint density at radius 3 is 1.28 bits per heavy atom. The molecule has 0 saturated heterocycles. The van der Waals surface area contributed by atoms with E-state index in [2.05, 4.69) is 140 Å². The zero-order valence-corrected chi connectivity index (χ0v) is 79.7. The molecule has 0 saturated carbocycles. The molecule has 0 amide bonds. The first-order valence-corrected chi connectivity index (χ1v) is 46.1. The third kappa shape index (κ3) is 35.0. The van der Waals surface area contributed by atoms with Crippen molar-refractivity contribution in [2.24, 2.45) is 0 Å². The van der Waals surface area contributed by atoms with Crippen LogP contribution in [-0.4, -0.2) is 139 Å². The van der Waals surface area contributed by atoms with Gasteiger partial charge in [0.1, 0.15) is 24.2 Å². The van der Waals surface area contributed by atoms with Gasteiger partial charge in [-0.25, -0.2) is 34.5 Å². The first kappa shape index (κ1) is 108. The summed E-state index contributed by atoms with van der Waals surface area (Å²) in [5.41, 5.74) is 14.8. The molecule has 0 fully saturated rings. The first-order valence-electron chi connectivity index (χ1n) is 41.1. The number of oxazole rings is 1. The number of fused-ring (bicyclic) bond motifs is 1. The SMILES string of the molecule is CC(C)c1ccc(C(C)(C)O)c(CO)c1.CC(C)c1ccc(S(=O)(=O)CO)cc1.CC(C)c1ccc(S(=O)(=O)N(C)C)cc1.CCCCc1nc2cc(C(C)C)ccc2o1.COc1cc(C(C)C)cc(OC)c1OC.COc1cc(C(C)C)ccc1OC[C@H](O)CO.Cc1cc(C(C)(C)O)ccc1C(C)C.Cc1cc(S(C)(=O)=O)ccc1C(C)C. The monoisotopic (exact) mass is 1720 g/mol. The van der Waals surface area contributed by atoms with Crippen molar-refractivity contribution in [3.8, 4) is 28.7 Å². The van der Waals surface area contributed by atoms with E-state index in [1.807, 2.05) is 113 Å². The van der Waals surface area contributed by atoms with Crippen molar-refractivity contribution in [3.63, 3.8) is 0 Å². The van der Waals surface area contributed by atoms with Crippen LogP contribution in [0, 0.1) is 13.8 Å². The van der Waals surface area contributed by atoms with Crippen LogP contribution in [0.3, 0.4) is 0 Å². The van der Waals surface area contributed by atoms with Crippen LogP contribution in [0.15, 0.2) is 171 Å². The molecule has 120 heavy (non-hydrogen) atoms. The smallest absolute Gasteiger partial charge is 0.242 e. The molecule has 9 rings (SSSR count). The molecule has 1 aromatic heterocycles. The molecule has 0 aliphatic heterocycles. The molecule has 20 nitrogen and oxygen atoms in total. The van der Waals surface area contributed by atoms with Crippen LogP contribution in [0.1, 0.15) is 284 Å². The molecule has 8 aromatic carbocycles. The fraction of sp³-hybridized carbons (Fsp3) is 0.495. The zero-order valence-electron chi connectivity index (χ0n) is 77.3. The van der Waals surface area contributed by atoms with Crippen molar-refractivity contribution in [1.82, 2.24) is 9.29 Å². The highest BCUT2D eigenvalue weighted by atomic mass is 32.2. The number of ether oxygens (including phenoxy) is 5. The van der Waals surface area contributed by atoms with E-state index in [1.54, 1.807) is 78.7 Å². The van der Waals surface area contributed by atoms with Gasteiger partial charge in [0, 0.05) is 26.8 Å². The number of hydrogen-bond acceptors (Lipinski definition) is 19. The first-order chi connectivity index (χ1) is 55.7. The van der Waals surface area contributed by atoms with E-state index in [4.69, 9.17) is 38.3 Å². The Labute approximate surface area is 720 Å². The molecule has 0 aliphatic carbocycles. The second kappa shape index (κ2) is 50.4. The van der Waals surface area contributed by atoms with E-state index in [1.165, 1.54) is 76.6 Å². The summed E-state index contributed by atoms with van der Waals surface area (Å²) in [5, 5.41) is 55.6. The van der Waals surface area contributed by atoms with E-state index >= 15 is 0 Å². The maximum absolute atomic E-state index is 11.7. The number of nitrogens with zero attached hydrogens (tertiary/aromatic N) is 2. The molecular weight excluding hydrogens is 1580 g/mol. The van der Waals surface area contributed by atoms with Gasteiger partial charge in [-0.1, -0.05) is 203 Å². The summed E-state index contributed by atoms with van der Waals surface area (Å²) in [5.74, 6) is 6.91. The fourth-order valence-corrected chi connectivity index (χ4v) is 14.2. The Balaban J connectivity index is 0.000000465. The molecular formula is C97H144N2O18S3. The Kier molecular flexibility index (Phi) is 45.3. The molecule has 0 spiro atoms. The molecule has 0 bridgehead atoms. The quantitative estimate of drug-likeness (QED) is 0.0279. The van der Waals surface area contributed by atoms with Gasteiger partial charge in [-0.15, -0.1) is 0 Å². The van der Waals surface area contributed by atoms with Crippen LogP contribution >= 0.6 is 0 Å². The lowest BCUT2D eigenvalue weighted by molar-refractivity contribution is 0.0527. The predicted molar refractivity (Wildman–Crippen MR) is 489 cm³/mol. The van der Waals surface area contributed by atoms with Crippen LogP contribution in [0.2, 0.25) is 0 Å². The number of aromatic nitrogens is 1. The Hall–Kier alpha value is -8.20. The number of benzene rings is 8. The molecule has 0 aliphatic rings. The predicted octanol–water partition coefficient (Wildman–Crippen LogP) is 20.7. The number of sulfonamides is 1. The third-order valence-electron chi connectivity index (χ3n) is 19.6. The van der Waals surface area contributed by atoms with Crippen LogP contribution < -0.4 is 23.7 Å². The largest absolute Gasteiger partial charge is 0.493 e. The average molecular weight is 1720 g/mol. The fourth-order valence-electron chi connectivity index (χ4n) is 11.9. The third-order valence-corrected chi connectivity index (χ3v) is 23.9. The molecule has 0 unspecified atom stereocenters. The maximum atomic E-state index is 11.7. The van der Waals surface area contributed by atoms with E-state index in [-0.39, 0.29) is 24.7 Å². The Bertz CT molecular complexity index is 4870. The van der Waals surface area contributed by atoms with Crippen molar-refractivity contribution in [1.29, 1.82) is 0 Å². The number of aliphatic hydroxyl groups excluding tert-OH is 4. The number of rotatable bonds is 27. The van der Waals surface area contributed by atoms with Gasteiger partial charge in [-0.05, 0) is 240 Å². The zero-order chi connectivity index (χ0) is 91.7. The molecule has 1 heterocycles. The van der Waals surface area contributed by atoms with Crippen LogP contribution in [0.25, 0.3) is 11.1 Å². The highest BCUT2D eigenvalue weighted by Gasteiger charge is 2.23. The molecule has 9 aromatic rings. The van der Waals surface area contributed by atoms with Crippen molar-refractivity contribution in [2.45, 2.75) is 264 Å². The highest BCUT2D eigenvalue weighted by Crippen LogP contribution is 2.40. The summed E-state index contributed by atoms with van der Waals surface area (Å²) >= 11 is 0. The summed E-state index contributed by atoms with van der Waals surface area (Å²) in [6.45, 7) is 46.9. The lowest BCUT2D eigenvalue weighted by atomic mass is 9.90. The summed E-state index contributed by atoms with van der Waals surface area (Å²) in [6, 6.07) is 47.0. The minimum atomic E-state index is -3.49. The second-order valence-electron chi connectivity index (χ2n) is 33.4. The van der Waals surface area contributed by atoms with Gasteiger partial charge in [0.2, 0.25) is 25.6 Å². The van der Waals surface area contributed by atoms with Gasteiger partial charge < -0.3 is 58.7 Å². The molecule has 23 heteroatoms. The van der Waals surface area contributed by atoms with Gasteiger partial charge in [-0.3, -0.25) is 0 Å². The van der Waals surface area contributed by atoms with Gasteiger partial charge in [-0.2, -0.15) is 0 Å². The number of sulfone groups is 2. The number of aliphatic hydroxyl groups is 6. The topological polar surface area (TPSA) is 299 Å². The molecule has 668 valence electrons. The minimum absolute atomic E-state index is 0.0279. The van der Waals surface area contributed by atoms with Crippen molar-refractivity contribution >= 4 is 40.8 Å². The summed E-state index contributed by atoms with van der Waals surface area (Å²) in [4.78, 5) is 5.44. The lowest BCUT2D eigenvalue weighted by Crippen LogP contribution is -2.22. The average Bonchev–Trinajstić information content (AvgIpc) is 1.35. The Morgan fingerprint density at radius 1 is 0.467 bits per heavy atom. The number of hydrogen-bond donors (Lipinski definition) is 6. The van der Waals surface area contributed by atoms with Gasteiger partial charge >= 0.3 is 0 Å². The molecule has 6 N–H and O–H groups in total. The summed E-state index contributed by atoms with van der Waals surface area (Å²) in [7, 11) is -0.335. The van der Waals surface area contributed by atoms with Gasteiger partial charge in [0.15, 0.2) is 44.3 Å². The van der Waals surface area contributed by atoms with Crippen LogP contribution in [0.5, 0.6) is 28.7 Å². The number of methoxy groups -OCH3 is 4. The van der Waals surface area contributed by atoms with Crippen LogP contribution in [0.4, 0.5) is 0 Å². The standard InChI is InChI=1S/C14H19NO.C13H20O4.C13H20O2.C13H20O.C12H18O3.C11H17NO2S.C11H16O2S.C10H14O3S/c1-4-5-6-14-15-12-9-11(10(2)3)7-8-13(12)16-14;1-9(2)10-4-5-12(13(6-10)16-3)17-8-11(15)7-14;1-9(2)10-5-6-12(13(3,4)15)11(7-10)8-14;1-9(2)12-7-6-11(8-10(12)3)13(4,5)14;1-8(2)9-6-10(13-3)12(15-5)11(7-9)14-4;1-9(2)10-5-7-11(8-6-10)15(13,14)12(3)4;1-8(2)11-6-5-10(7-9(11)3)14(4,12)13;1-8(2)9-3-5-10(6-4-9)14(12,13)7-11/h7-10H,4-6H2,1-3H3;4-6,9,11,14-15H,7-8H2,1-3H3;5-7,9,14-15H,8H2,1-4H3;6-9,14H,1-5H3;6-8H,1-5H3;5-9H,1-4H3;5-8H,1-4H3;3-6,8,11H,7H2,1-2H3/t;11-;;;;;;/m.1....../s1. The summed E-state index contributed by atoms with van der Waals surface area (Å²) in [6.07, 6.45) is 3.63. The van der Waals surface area contributed by atoms with Crippen molar-refractivity contribution in [3.05, 3.63) is 230 Å². The molecule has 0 radical (unpaired) electrons. The van der Waals surface area contributed by atoms with Crippen molar-refractivity contribution < 1.29 is 84.0 Å². The molecule has 1 atom stereocenters. The van der Waals surface area contributed by atoms with E-state index in [0.717, 1.165) is 68.8 Å². The van der Waals surface area contributed by atoms with Gasteiger partial charge in [0.25, 0.3) is 0 Å². The lowest BCUT2D eigenvalue weighted by Gasteiger charge is -2.22. The maximum Gasteiger partial charge on any atom is 0.242 e. The second-order valence-corrected chi connectivity index (χ2v) is 39.5. The number of unbranched alkanes of at least 4 members (excludes halogenated alkanes) is 1. The van der Waals surface area contributed by atoms with E-state index in [0.29, 0.717) is 85.9 Å². The van der Waals surface area contributed by atoms with E-state index in [9.17, 15) is 45.7 Å². The normalized spacial score (nSPS) is 11.9. The van der Waals surface area contributed by atoms with Crippen molar-refractivity contribution in [2.75, 3.05) is 67.9 Å². The van der Waals surface area contributed by atoms with Crippen LogP contribution in [-0.2, 0) is 53.9 Å².